The molecule has 3 aromatic rings. The molecule has 1 fully saturated rings. The van der Waals surface area contributed by atoms with Gasteiger partial charge in [-0.2, -0.15) is 4.31 Å². The van der Waals surface area contributed by atoms with Crippen LogP contribution in [0, 0.1) is 17.0 Å². The van der Waals surface area contributed by atoms with Crippen LogP contribution in [0.15, 0.2) is 47.4 Å². The van der Waals surface area contributed by atoms with Gasteiger partial charge in [-0.1, -0.05) is 24.6 Å². The predicted octanol–water partition coefficient (Wildman–Crippen LogP) is 4.43. The second kappa shape index (κ2) is 7.23. The molecule has 1 aliphatic rings. The second-order valence-corrected chi connectivity index (χ2v) is 9.81. The van der Waals surface area contributed by atoms with E-state index >= 15 is 0 Å². The van der Waals surface area contributed by atoms with Gasteiger partial charge in [0.25, 0.3) is 5.69 Å². The number of nitro benzene ring substituents is 1. The maximum Gasteiger partial charge on any atom is 0.273 e. The van der Waals surface area contributed by atoms with E-state index in [1.807, 2.05) is 24.3 Å². The summed E-state index contributed by atoms with van der Waals surface area (Å²) in [4.78, 5) is 15.3. The van der Waals surface area contributed by atoms with Gasteiger partial charge in [-0.15, -0.1) is 11.3 Å². The number of nitro groups is 1. The number of sulfonamides is 1. The van der Waals surface area contributed by atoms with E-state index in [1.165, 1.54) is 27.8 Å². The molecule has 0 bridgehead atoms. The van der Waals surface area contributed by atoms with Crippen LogP contribution in [-0.2, 0) is 10.0 Å². The first-order valence-electron chi connectivity index (χ1n) is 9.00. The molecule has 28 heavy (non-hydrogen) atoms. The Morgan fingerprint density at radius 2 is 2.00 bits per heavy atom. The predicted molar refractivity (Wildman–Crippen MR) is 108 cm³/mol. The SMILES string of the molecule is Cc1ccc(S(=O)(=O)N2CCCCC2c2nc3ccccc3s2)cc1[N+](=O)[O-]. The highest BCUT2D eigenvalue weighted by Crippen LogP contribution is 2.39. The molecule has 4 rings (SSSR count). The van der Waals surface area contributed by atoms with E-state index in [4.69, 9.17) is 0 Å². The number of thiazole rings is 1. The van der Waals surface area contributed by atoms with E-state index in [0.717, 1.165) is 34.1 Å². The lowest BCUT2D eigenvalue weighted by molar-refractivity contribution is -0.385. The third-order valence-electron chi connectivity index (χ3n) is 5.03. The highest BCUT2D eigenvalue weighted by Gasteiger charge is 2.36. The van der Waals surface area contributed by atoms with Crippen molar-refractivity contribution in [3.63, 3.8) is 0 Å². The van der Waals surface area contributed by atoms with E-state index in [-0.39, 0.29) is 16.6 Å². The summed E-state index contributed by atoms with van der Waals surface area (Å²) < 4.78 is 29.2. The zero-order chi connectivity index (χ0) is 19.9. The number of para-hydroxylation sites is 1. The number of piperidine rings is 1. The van der Waals surface area contributed by atoms with Crippen LogP contribution < -0.4 is 0 Å². The van der Waals surface area contributed by atoms with Gasteiger partial charge in [0, 0.05) is 18.2 Å². The summed E-state index contributed by atoms with van der Waals surface area (Å²) in [5.41, 5.74) is 1.11. The monoisotopic (exact) mass is 417 g/mol. The quantitative estimate of drug-likeness (QED) is 0.462. The normalized spacial score (nSPS) is 18.4. The molecule has 0 spiro atoms. The minimum absolute atomic E-state index is 0.0437. The van der Waals surface area contributed by atoms with Crippen LogP contribution in [0.5, 0.6) is 0 Å². The minimum atomic E-state index is -3.87. The van der Waals surface area contributed by atoms with E-state index in [2.05, 4.69) is 4.98 Å². The summed E-state index contributed by atoms with van der Waals surface area (Å²) in [5, 5.41) is 12.0. The van der Waals surface area contributed by atoms with Gasteiger partial charge in [0.1, 0.15) is 5.01 Å². The number of benzene rings is 2. The number of aryl methyl sites for hydroxylation is 1. The van der Waals surface area contributed by atoms with Crippen LogP contribution in [0.2, 0.25) is 0 Å². The fourth-order valence-electron chi connectivity index (χ4n) is 3.55. The molecule has 0 radical (unpaired) electrons. The Bertz CT molecular complexity index is 1120. The lowest BCUT2D eigenvalue weighted by Gasteiger charge is -2.33. The standard InChI is InChI=1S/C19H19N3O4S2/c1-13-9-10-14(12-17(13)22(23)24)28(25,26)21-11-5-4-7-16(21)19-20-15-6-2-3-8-18(15)27-19/h2-3,6,8-10,12,16H,4-5,7,11H2,1H3. The van der Waals surface area contributed by atoms with Crippen molar-refractivity contribution in [2.75, 3.05) is 6.54 Å². The van der Waals surface area contributed by atoms with Crippen molar-refractivity contribution in [1.82, 2.24) is 9.29 Å². The fraction of sp³-hybridized carbons (Fsp3) is 0.316. The second-order valence-electron chi connectivity index (χ2n) is 6.85. The van der Waals surface area contributed by atoms with Gasteiger partial charge >= 0.3 is 0 Å². The van der Waals surface area contributed by atoms with Crippen LogP contribution in [0.3, 0.4) is 0 Å². The van der Waals surface area contributed by atoms with Crippen molar-refractivity contribution in [2.45, 2.75) is 37.1 Å². The molecule has 0 amide bonds. The average Bonchev–Trinajstić information content (AvgIpc) is 3.12. The van der Waals surface area contributed by atoms with E-state index in [0.29, 0.717) is 18.5 Å². The number of hydrogen-bond acceptors (Lipinski definition) is 6. The molecule has 0 aliphatic carbocycles. The summed E-state index contributed by atoms with van der Waals surface area (Å²) in [5.74, 6) is 0. The van der Waals surface area contributed by atoms with E-state index in [9.17, 15) is 18.5 Å². The largest absolute Gasteiger partial charge is 0.273 e. The Morgan fingerprint density at radius 1 is 1.21 bits per heavy atom. The topological polar surface area (TPSA) is 93.4 Å². The van der Waals surface area contributed by atoms with Gasteiger partial charge < -0.3 is 0 Å². The Kier molecular flexibility index (Phi) is 4.90. The van der Waals surface area contributed by atoms with Gasteiger partial charge in [0.15, 0.2) is 0 Å². The minimum Gasteiger partial charge on any atom is -0.258 e. The number of rotatable bonds is 4. The van der Waals surface area contributed by atoms with Crippen LogP contribution in [0.25, 0.3) is 10.2 Å². The van der Waals surface area contributed by atoms with E-state index in [1.54, 1.807) is 6.92 Å². The van der Waals surface area contributed by atoms with Crippen LogP contribution >= 0.6 is 11.3 Å². The fourth-order valence-corrected chi connectivity index (χ4v) is 6.42. The lowest BCUT2D eigenvalue weighted by Crippen LogP contribution is -2.38. The number of hydrogen-bond donors (Lipinski definition) is 0. The highest BCUT2D eigenvalue weighted by molar-refractivity contribution is 7.89. The molecule has 146 valence electrons. The summed E-state index contributed by atoms with van der Waals surface area (Å²) in [6.45, 7) is 1.98. The van der Waals surface area contributed by atoms with Crippen molar-refractivity contribution in [1.29, 1.82) is 0 Å². The number of fused-ring (bicyclic) bond motifs is 1. The first-order chi connectivity index (χ1) is 13.4. The van der Waals surface area contributed by atoms with Crippen molar-refractivity contribution < 1.29 is 13.3 Å². The van der Waals surface area contributed by atoms with Crippen LogP contribution in [0.4, 0.5) is 5.69 Å². The Hall–Kier alpha value is -2.36. The molecule has 2 heterocycles. The lowest BCUT2D eigenvalue weighted by atomic mass is 10.1. The molecule has 9 heteroatoms. The molecule has 0 saturated carbocycles. The molecule has 1 atom stereocenters. The Labute approximate surface area is 166 Å². The maximum absolute atomic E-state index is 13.4. The van der Waals surface area contributed by atoms with Crippen molar-refractivity contribution >= 4 is 37.3 Å². The van der Waals surface area contributed by atoms with Crippen LogP contribution in [0.1, 0.15) is 35.9 Å². The Morgan fingerprint density at radius 3 is 2.75 bits per heavy atom. The van der Waals surface area contributed by atoms with Gasteiger partial charge in [0.2, 0.25) is 10.0 Å². The van der Waals surface area contributed by atoms with Gasteiger partial charge in [-0.05, 0) is 38.0 Å². The summed E-state index contributed by atoms with van der Waals surface area (Å²) >= 11 is 1.50. The van der Waals surface area contributed by atoms with E-state index < -0.39 is 14.9 Å². The zero-order valence-electron chi connectivity index (χ0n) is 15.2. The van der Waals surface area contributed by atoms with Crippen molar-refractivity contribution in [3.8, 4) is 0 Å². The van der Waals surface area contributed by atoms with Crippen molar-refractivity contribution in [3.05, 3.63) is 63.1 Å². The molecule has 0 N–H and O–H groups in total. The summed E-state index contributed by atoms with van der Waals surface area (Å²) in [6, 6.07) is 11.5. The van der Waals surface area contributed by atoms with Gasteiger partial charge in [-0.25, -0.2) is 13.4 Å². The summed E-state index contributed by atoms with van der Waals surface area (Å²) in [7, 11) is -3.87. The maximum atomic E-state index is 13.4. The Balaban J connectivity index is 1.76. The zero-order valence-corrected chi connectivity index (χ0v) is 16.9. The van der Waals surface area contributed by atoms with Gasteiger partial charge in [-0.3, -0.25) is 10.1 Å². The average molecular weight is 418 g/mol. The number of nitrogens with zero attached hydrogens (tertiary/aromatic N) is 3. The third kappa shape index (κ3) is 3.30. The smallest absolute Gasteiger partial charge is 0.258 e. The molecule has 1 aromatic heterocycles. The molecule has 1 saturated heterocycles. The first-order valence-corrected chi connectivity index (χ1v) is 11.3. The highest BCUT2D eigenvalue weighted by atomic mass is 32.2. The molecule has 1 unspecified atom stereocenters. The summed E-state index contributed by atoms with van der Waals surface area (Å²) in [6.07, 6.45) is 2.36. The molecule has 2 aromatic carbocycles. The molecular formula is C19H19N3O4S2. The number of aromatic nitrogens is 1. The van der Waals surface area contributed by atoms with Crippen molar-refractivity contribution in [2.24, 2.45) is 0 Å². The van der Waals surface area contributed by atoms with Gasteiger partial charge in [0.05, 0.1) is 26.1 Å². The first kappa shape index (κ1) is 19.0. The van der Waals surface area contributed by atoms with Crippen LogP contribution in [-0.4, -0.2) is 29.2 Å². The molecule has 1 aliphatic heterocycles. The molecular weight excluding hydrogens is 398 g/mol. The third-order valence-corrected chi connectivity index (χ3v) is 8.07. The molecule has 7 nitrogen and oxygen atoms in total.